The third-order valence-electron chi connectivity index (χ3n) is 3.70. The highest BCUT2D eigenvalue weighted by Gasteiger charge is 2.19. The van der Waals surface area contributed by atoms with Gasteiger partial charge in [0.2, 0.25) is 0 Å². The number of hydrogen-bond acceptors (Lipinski definition) is 3. The topological polar surface area (TPSA) is 47.0 Å². The van der Waals surface area contributed by atoms with Crippen LogP contribution in [0.25, 0.3) is 0 Å². The highest BCUT2D eigenvalue weighted by atomic mass is 32.1. The smallest absolute Gasteiger partial charge is 0.356 e. The number of rotatable bonds is 6. The number of aromatic amines is 1. The van der Waals surface area contributed by atoms with Crippen molar-refractivity contribution < 1.29 is 9.53 Å². The molecule has 0 fully saturated rings. The summed E-state index contributed by atoms with van der Waals surface area (Å²) < 4.78 is 7.64. The van der Waals surface area contributed by atoms with Crippen LogP contribution in [0.1, 0.15) is 54.3 Å². The van der Waals surface area contributed by atoms with E-state index in [1.807, 2.05) is 18.4 Å². The molecule has 1 unspecified atom stereocenters. The van der Waals surface area contributed by atoms with E-state index in [4.69, 9.17) is 17.0 Å². The monoisotopic (exact) mass is 318 g/mol. The summed E-state index contributed by atoms with van der Waals surface area (Å²) in [6.07, 6.45) is 3.48. The molecule has 0 bridgehead atoms. The van der Waals surface area contributed by atoms with Gasteiger partial charge in [0.1, 0.15) is 5.69 Å². The predicted octanol–water partition coefficient (Wildman–Crippen LogP) is 4.42. The van der Waals surface area contributed by atoms with Gasteiger partial charge in [-0.25, -0.2) is 4.79 Å². The van der Waals surface area contributed by atoms with E-state index in [1.54, 1.807) is 6.20 Å². The largest absolute Gasteiger partial charge is 0.461 e. The van der Waals surface area contributed by atoms with Gasteiger partial charge >= 0.3 is 5.97 Å². The van der Waals surface area contributed by atoms with E-state index in [-0.39, 0.29) is 12.0 Å². The molecule has 0 aliphatic rings. The lowest BCUT2D eigenvalue weighted by molar-refractivity contribution is 0.0486. The lowest BCUT2D eigenvalue weighted by Gasteiger charge is -2.17. The van der Waals surface area contributed by atoms with Crippen LogP contribution in [-0.4, -0.2) is 22.1 Å². The summed E-state index contributed by atoms with van der Waals surface area (Å²) in [6.45, 7) is 6.57. The van der Waals surface area contributed by atoms with Crippen molar-refractivity contribution >= 4 is 18.2 Å². The Morgan fingerprint density at radius 3 is 2.68 bits per heavy atom. The van der Waals surface area contributed by atoms with Crippen molar-refractivity contribution in [1.82, 2.24) is 9.55 Å². The first kappa shape index (κ1) is 16.5. The Balaban J connectivity index is 2.27. The van der Waals surface area contributed by atoms with Crippen LogP contribution in [0.3, 0.4) is 0 Å². The number of nitrogens with zero attached hydrogens (tertiary/aromatic N) is 1. The number of benzene rings is 1. The van der Waals surface area contributed by atoms with Gasteiger partial charge in [0.05, 0.1) is 12.6 Å². The number of carbonyl (C=O) groups is 1. The molecule has 0 aliphatic carbocycles. The summed E-state index contributed by atoms with van der Waals surface area (Å²) in [4.78, 5) is 15.2. The molecule has 1 heterocycles. The average Bonchev–Trinajstić information content (AvgIpc) is 2.89. The number of aryl methyl sites for hydroxylation is 1. The van der Waals surface area contributed by atoms with Crippen molar-refractivity contribution in [3.8, 4) is 0 Å². The second-order valence-electron chi connectivity index (χ2n) is 5.43. The molecule has 0 radical (unpaired) electrons. The zero-order valence-corrected chi connectivity index (χ0v) is 14.1. The quantitative estimate of drug-likeness (QED) is 0.487. The Hall–Kier alpha value is -1.88. The van der Waals surface area contributed by atoms with Crippen molar-refractivity contribution in [3.63, 3.8) is 0 Å². The van der Waals surface area contributed by atoms with Crippen LogP contribution in [-0.2, 0) is 4.74 Å². The molecule has 2 aromatic rings. The second kappa shape index (κ2) is 7.40. The van der Waals surface area contributed by atoms with Crippen LogP contribution in [0.15, 0.2) is 30.5 Å². The molecular weight excluding hydrogens is 296 g/mol. The van der Waals surface area contributed by atoms with Gasteiger partial charge in [-0.3, -0.25) is 0 Å². The molecule has 1 aromatic carbocycles. The lowest BCUT2D eigenvalue weighted by Crippen LogP contribution is -2.16. The first-order valence-electron chi connectivity index (χ1n) is 7.58. The van der Waals surface area contributed by atoms with Crippen LogP contribution in [0.2, 0.25) is 0 Å². The van der Waals surface area contributed by atoms with Gasteiger partial charge in [-0.15, -0.1) is 0 Å². The standard InChI is InChI=1S/C17H22N2O2S/c1-4-5-10-21-16(20)15-11-18-17(22)19(15)13(3)14-8-6-12(2)7-9-14/h6-9,11,13H,4-5,10H2,1-3H3,(H,18,22). The van der Waals surface area contributed by atoms with E-state index in [9.17, 15) is 4.79 Å². The zero-order valence-electron chi connectivity index (χ0n) is 13.3. The Morgan fingerprint density at radius 2 is 2.05 bits per heavy atom. The molecule has 22 heavy (non-hydrogen) atoms. The highest BCUT2D eigenvalue weighted by molar-refractivity contribution is 7.71. The molecule has 1 atom stereocenters. The number of H-pyrrole nitrogens is 1. The van der Waals surface area contributed by atoms with E-state index < -0.39 is 0 Å². The van der Waals surface area contributed by atoms with Crippen molar-refractivity contribution in [2.24, 2.45) is 0 Å². The molecule has 1 aromatic heterocycles. The third-order valence-corrected chi connectivity index (χ3v) is 4.01. The number of nitrogens with one attached hydrogen (secondary N) is 1. The average molecular weight is 318 g/mol. The summed E-state index contributed by atoms with van der Waals surface area (Å²) in [6, 6.07) is 8.19. The van der Waals surface area contributed by atoms with Crippen LogP contribution >= 0.6 is 12.2 Å². The number of esters is 1. The van der Waals surface area contributed by atoms with Gasteiger partial charge in [0.25, 0.3) is 0 Å². The maximum Gasteiger partial charge on any atom is 0.356 e. The zero-order chi connectivity index (χ0) is 16.1. The van der Waals surface area contributed by atoms with Gasteiger partial charge in [-0.05, 0) is 38.0 Å². The molecule has 0 aliphatic heterocycles. The number of carbonyl (C=O) groups excluding carboxylic acids is 1. The van der Waals surface area contributed by atoms with Crippen molar-refractivity contribution in [2.75, 3.05) is 6.61 Å². The van der Waals surface area contributed by atoms with Gasteiger partial charge in [-0.1, -0.05) is 43.2 Å². The third kappa shape index (κ3) is 3.65. The lowest BCUT2D eigenvalue weighted by atomic mass is 10.1. The van der Waals surface area contributed by atoms with E-state index in [1.165, 1.54) is 5.56 Å². The SMILES string of the molecule is CCCCOC(=O)c1c[nH]c(=S)n1C(C)c1ccc(C)cc1. The maximum absolute atomic E-state index is 12.2. The van der Waals surface area contributed by atoms with Crippen molar-refractivity contribution in [2.45, 2.75) is 39.7 Å². The summed E-state index contributed by atoms with van der Waals surface area (Å²) in [5.41, 5.74) is 2.77. The van der Waals surface area contributed by atoms with Gasteiger partial charge in [-0.2, -0.15) is 0 Å². The molecule has 0 saturated heterocycles. The maximum atomic E-state index is 12.2. The number of ether oxygens (including phenoxy) is 1. The van der Waals surface area contributed by atoms with Crippen LogP contribution < -0.4 is 0 Å². The van der Waals surface area contributed by atoms with E-state index in [2.05, 4.69) is 36.2 Å². The van der Waals surface area contributed by atoms with Crippen LogP contribution in [0.5, 0.6) is 0 Å². The second-order valence-corrected chi connectivity index (χ2v) is 5.81. The summed E-state index contributed by atoms with van der Waals surface area (Å²) in [5, 5.41) is 0. The summed E-state index contributed by atoms with van der Waals surface area (Å²) >= 11 is 5.33. The van der Waals surface area contributed by atoms with Crippen molar-refractivity contribution in [3.05, 3.63) is 52.1 Å². The Labute approximate surface area is 136 Å². The molecular formula is C17H22N2O2S. The minimum atomic E-state index is -0.334. The van der Waals surface area contributed by atoms with Crippen LogP contribution in [0.4, 0.5) is 0 Å². The summed E-state index contributed by atoms with van der Waals surface area (Å²) in [5.74, 6) is -0.334. The molecule has 0 amide bonds. The van der Waals surface area contributed by atoms with Gasteiger partial charge in [0, 0.05) is 6.20 Å². The van der Waals surface area contributed by atoms with E-state index in [0.717, 1.165) is 18.4 Å². The molecule has 118 valence electrons. The highest BCUT2D eigenvalue weighted by Crippen LogP contribution is 2.21. The first-order valence-corrected chi connectivity index (χ1v) is 7.99. The molecule has 1 N–H and O–H groups in total. The van der Waals surface area contributed by atoms with Crippen molar-refractivity contribution in [1.29, 1.82) is 0 Å². The number of aromatic nitrogens is 2. The Kier molecular flexibility index (Phi) is 5.55. The summed E-state index contributed by atoms with van der Waals surface area (Å²) in [7, 11) is 0. The Morgan fingerprint density at radius 1 is 1.36 bits per heavy atom. The van der Waals surface area contributed by atoms with Crippen LogP contribution in [0, 0.1) is 11.7 Å². The molecule has 4 nitrogen and oxygen atoms in total. The van der Waals surface area contributed by atoms with Gasteiger partial charge in [0.15, 0.2) is 4.77 Å². The minimum Gasteiger partial charge on any atom is -0.461 e. The molecule has 5 heteroatoms. The predicted molar refractivity (Wildman–Crippen MR) is 89.8 cm³/mol. The van der Waals surface area contributed by atoms with E-state index >= 15 is 0 Å². The normalized spacial score (nSPS) is 12.1. The molecule has 0 spiro atoms. The number of unbranched alkanes of at least 4 members (excludes halogenated alkanes) is 1. The fraction of sp³-hybridized carbons (Fsp3) is 0.412. The fourth-order valence-electron chi connectivity index (χ4n) is 2.30. The number of imidazole rings is 1. The minimum absolute atomic E-state index is 0.0342. The fourth-order valence-corrected chi connectivity index (χ4v) is 2.61. The molecule has 0 saturated carbocycles. The number of hydrogen-bond donors (Lipinski definition) is 1. The van der Waals surface area contributed by atoms with Gasteiger partial charge < -0.3 is 14.3 Å². The molecule has 2 rings (SSSR count). The Bertz CT molecular complexity index is 685. The first-order chi connectivity index (χ1) is 10.5. The van der Waals surface area contributed by atoms with E-state index in [0.29, 0.717) is 17.1 Å².